The van der Waals surface area contributed by atoms with Crippen LogP contribution in [-0.4, -0.2) is 60.6 Å². The highest BCUT2D eigenvalue weighted by Gasteiger charge is 2.36. The van der Waals surface area contributed by atoms with Gasteiger partial charge in [-0.1, -0.05) is 36.4 Å². The first kappa shape index (κ1) is 26.6. The fourth-order valence-electron chi connectivity index (χ4n) is 4.20. The zero-order valence-corrected chi connectivity index (χ0v) is 21.0. The smallest absolute Gasteiger partial charge is 0.416 e. The average molecular weight is 518 g/mol. The van der Waals surface area contributed by atoms with E-state index < -0.39 is 29.0 Å². The van der Waals surface area contributed by atoms with Crippen LogP contribution >= 0.6 is 0 Å². The van der Waals surface area contributed by atoms with Crippen molar-refractivity contribution in [1.29, 1.82) is 0 Å². The molecule has 198 valence electrons. The van der Waals surface area contributed by atoms with E-state index in [0.29, 0.717) is 43.7 Å². The molecule has 0 bridgehead atoms. The number of benzene rings is 2. The normalized spacial score (nSPS) is 16.0. The Hall–Kier alpha value is -3.47. The van der Waals surface area contributed by atoms with Crippen LogP contribution in [0.2, 0.25) is 0 Å². The minimum atomic E-state index is -4.38. The van der Waals surface area contributed by atoms with Crippen LogP contribution < -0.4 is 0 Å². The van der Waals surface area contributed by atoms with Gasteiger partial charge < -0.3 is 14.7 Å². The molecule has 0 aliphatic carbocycles. The molecule has 1 amide bonds. The highest BCUT2D eigenvalue weighted by atomic mass is 19.4. The summed E-state index contributed by atoms with van der Waals surface area (Å²) in [5, 5.41) is 23.8. The van der Waals surface area contributed by atoms with Gasteiger partial charge in [-0.2, -0.15) is 18.0 Å². The van der Waals surface area contributed by atoms with Crippen molar-refractivity contribution in [3.8, 4) is 11.4 Å². The maximum atomic E-state index is 12.9. The molecule has 0 radical (unpaired) electrons. The number of hydrogen-bond donors (Lipinski definition) is 1. The highest BCUT2D eigenvalue weighted by Crippen LogP contribution is 2.30. The number of aromatic nitrogens is 4. The van der Waals surface area contributed by atoms with E-state index in [1.165, 1.54) is 16.9 Å². The molecule has 1 N–H and O–H groups in total. The fourth-order valence-corrected chi connectivity index (χ4v) is 4.20. The zero-order valence-electron chi connectivity index (χ0n) is 21.0. The van der Waals surface area contributed by atoms with Crippen molar-refractivity contribution in [2.45, 2.75) is 64.0 Å². The second kappa shape index (κ2) is 10.1. The molecule has 8 nitrogen and oxygen atoms in total. The molecule has 37 heavy (non-hydrogen) atoms. The van der Waals surface area contributed by atoms with Crippen molar-refractivity contribution in [3.63, 3.8) is 0 Å². The van der Waals surface area contributed by atoms with Gasteiger partial charge in [0.1, 0.15) is 5.60 Å². The standard InChI is InChI=1S/C26H30F3N5O3/c1-24(2,3)37-23(35)33-14-12-25(36,13-15-33)17-34-31-22(30-32-34)21-7-5-4-6-19(21)16-18-8-10-20(11-9-18)26(27,28)29/h4-11,36H,12-17H2,1-3H3. The third-order valence-electron chi connectivity index (χ3n) is 6.17. The third-order valence-corrected chi connectivity index (χ3v) is 6.17. The fraction of sp³-hybridized carbons (Fsp3) is 0.462. The van der Waals surface area contributed by atoms with Crippen molar-refractivity contribution >= 4 is 6.09 Å². The molecule has 11 heteroatoms. The molecule has 0 unspecified atom stereocenters. The number of piperidine rings is 1. The number of carbonyl (C=O) groups excluding carboxylic acids is 1. The Labute approximate surface area is 213 Å². The quantitative estimate of drug-likeness (QED) is 0.527. The van der Waals surface area contributed by atoms with Gasteiger partial charge in [-0.3, -0.25) is 0 Å². The topological polar surface area (TPSA) is 93.4 Å². The molecule has 1 saturated heterocycles. The number of aliphatic hydroxyl groups is 1. The third kappa shape index (κ3) is 6.85. The SMILES string of the molecule is CC(C)(C)OC(=O)N1CCC(O)(Cn2nnc(-c3ccccc3Cc3ccc(C(F)(F)F)cc3)n2)CC1. The number of ether oxygens (including phenoxy) is 1. The van der Waals surface area contributed by atoms with Gasteiger partial charge in [0.25, 0.3) is 0 Å². The second-order valence-electron chi connectivity index (χ2n) is 10.4. The van der Waals surface area contributed by atoms with E-state index >= 15 is 0 Å². The number of rotatable bonds is 5. The summed E-state index contributed by atoms with van der Waals surface area (Å²) in [7, 11) is 0. The van der Waals surface area contributed by atoms with Crippen molar-refractivity contribution < 1.29 is 27.8 Å². The molecule has 1 aliphatic rings. The van der Waals surface area contributed by atoms with E-state index in [9.17, 15) is 23.1 Å². The maximum absolute atomic E-state index is 12.9. The largest absolute Gasteiger partial charge is 0.444 e. The number of likely N-dealkylation sites (tertiary alicyclic amines) is 1. The zero-order chi connectivity index (χ0) is 26.8. The molecule has 4 rings (SSSR count). The number of carbonyl (C=O) groups is 1. The van der Waals surface area contributed by atoms with Crippen LogP contribution in [0.1, 0.15) is 50.3 Å². The number of alkyl halides is 3. The summed E-state index contributed by atoms with van der Waals surface area (Å²) < 4.78 is 44.0. The van der Waals surface area contributed by atoms with Crippen molar-refractivity contribution in [2.24, 2.45) is 0 Å². The van der Waals surface area contributed by atoms with Crippen LogP contribution in [0.25, 0.3) is 11.4 Å². The number of hydrogen-bond acceptors (Lipinski definition) is 6. The molecule has 1 aromatic heterocycles. The van der Waals surface area contributed by atoms with E-state index in [0.717, 1.165) is 23.3 Å². The maximum Gasteiger partial charge on any atom is 0.416 e. The lowest BCUT2D eigenvalue weighted by Crippen LogP contribution is -2.50. The molecular weight excluding hydrogens is 487 g/mol. The van der Waals surface area contributed by atoms with Crippen LogP contribution in [0.5, 0.6) is 0 Å². The lowest BCUT2D eigenvalue weighted by Gasteiger charge is -2.38. The van der Waals surface area contributed by atoms with Crippen LogP contribution in [0.3, 0.4) is 0 Å². The summed E-state index contributed by atoms with van der Waals surface area (Å²) in [4.78, 5) is 15.2. The van der Waals surface area contributed by atoms with E-state index in [4.69, 9.17) is 4.74 Å². The lowest BCUT2D eigenvalue weighted by atomic mass is 9.92. The Bertz CT molecular complexity index is 1230. The van der Waals surface area contributed by atoms with Crippen LogP contribution in [0.15, 0.2) is 48.5 Å². The molecule has 2 aromatic carbocycles. The summed E-state index contributed by atoms with van der Waals surface area (Å²) in [6.45, 7) is 6.23. The average Bonchev–Trinajstić information content (AvgIpc) is 3.26. The first-order valence-corrected chi connectivity index (χ1v) is 12.0. The summed E-state index contributed by atoms with van der Waals surface area (Å²) in [5.41, 5.74) is -0.111. The van der Waals surface area contributed by atoms with Gasteiger partial charge >= 0.3 is 12.3 Å². The Morgan fingerprint density at radius 1 is 1.05 bits per heavy atom. The molecular formula is C26H30F3N5O3. The van der Waals surface area contributed by atoms with E-state index in [-0.39, 0.29) is 6.54 Å². The molecule has 0 spiro atoms. The predicted octanol–water partition coefficient (Wildman–Crippen LogP) is 4.71. The van der Waals surface area contributed by atoms with Gasteiger partial charge in [-0.25, -0.2) is 4.79 Å². The summed E-state index contributed by atoms with van der Waals surface area (Å²) >= 11 is 0. The van der Waals surface area contributed by atoms with Gasteiger partial charge in [0, 0.05) is 18.7 Å². The van der Waals surface area contributed by atoms with Gasteiger partial charge in [0.2, 0.25) is 5.82 Å². The van der Waals surface area contributed by atoms with E-state index in [1.807, 2.05) is 24.3 Å². The van der Waals surface area contributed by atoms with Crippen molar-refractivity contribution in [2.75, 3.05) is 13.1 Å². The Kier molecular flexibility index (Phi) is 7.27. The highest BCUT2D eigenvalue weighted by molar-refractivity contribution is 5.68. The Morgan fingerprint density at radius 2 is 1.70 bits per heavy atom. The number of tetrazole rings is 1. The van der Waals surface area contributed by atoms with E-state index in [1.54, 1.807) is 25.7 Å². The monoisotopic (exact) mass is 517 g/mol. The molecule has 1 aliphatic heterocycles. The molecule has 2 heterocycles. The Balaban J connectivity index is 1.42. The van der Waals surface area contributed by atoms with Gasteiger partial charge in [-0.15, -0.1) is 10.2 Å². The first-order chi connectivity index (χ1) is 17.3. The number of amides is 1. The Morgan fingerprint density at radius 3 is 2.32 bits per heavy atom. The predicted molar refractivity (Wildman–Crippen MR) is 129 cm³/mol. The summed E-state index contributed by atoms with van der Waals surface area (Å²) in [5.74, 6) is 0.359. The van der Waals surface area contributed by atoms with Crippen LogP contribution in [0, 0.1) is 0 Å². The van der Waals surface area contributed by atoms with E-state index in [2.05, 4.69) is 15.4 Å². The van der Waals surface area contributed by atoms with Crippen LogP contribution in [0.4, 0.5) is 18.0 Å². The molecule has 1 fully saturated rings. The van der Waals surface area contributed by atoms with Gasteiger partial charge in [0.15, 0.2) is 0 Å². The molecule has 3 aromatic rings. The van der Waals surface area contributed by atoms with Gasteiger partial charge in [-0.05, 0) is 68.5 Å². The minimum absolute atomic E-state index is 0.114. The van der Waals surface area contributed by atoms with Crippen LogP contribution in [-0.2, 0) is 23.9 Å². The minimum Gasteiger partial charge on any atom is -0.444 e. The second-order valence-corrected chi connectivity index (χ2v) is 10.4. The number of halogens is 3. The lowest BCUT2D eigenvalue weighted by molar-refractivity contribution is -0.137. The molecule has 0 atom stereocenters. The van der Waals surface area contributed by atoms with Crippen molar-refractivity contribution in [1.82, 2.24) is 25.1 Å². The summed E-state index contributed by atoms with van der Waals surface area (Å²) in [6.07, 6.45) is -3.70. The molecule has 0 saturated carbocycles. The summed E-state index contributed by atoms with van der Waals surface area (Å²) in [6, 6.07) is 12.4. The van der Waals surface area contributed by atoms with Crippen molar-refractivity contribution in [3.05, 3.63) is 65.2 Å². The van der Waals surface area contributed by atoms with Gasteiger partial charge in [0.05, 0.1) is 17.7 Å². The number of nitrogens with zero attached hydrogens (tertiary/aromatic N) is 5. The first-order valence-electron chi connectivity index (χ1n) is 12.0.